The normalized spacial score (nSPS) is 12.8. The molecule has 0 spiro atoms. The minimum atomic E-state index is -1.04. The van der Waals surface area contributed by atoms with Crippen molar-refractivity contribution >= 4 is 17.8 Å². The second kappa shape index (κ2) is 28.6. The van der Waals surface area contributed by atoms with E-state index in [4.69, 9.17) is 4.74 Å². The van der Waals surface area contributed by atoms with E-state index >= 15 is 0 Å². The Kier molecular flexibility index (Phi) is 24.9. The number of hydrogen-bond donors (Lipinski definition) is 4. The van der Waals surface area contributed by atoms with Crippen LogP contribution in [0.4, 0.5) is 0 Å². The molecule has 1 heterocycles. The zero-order valence-electron chi connectivity index (χ0n) is 29.2. The molecule has 1 rings (SSSR count). The Hall–Kier alpha value is -4.35. The molecule has 0 bridgehead atoms. The van der Waals surface area contributed by atoms with Gasteiger partial charge in [0.1, 0.15) is 6.04 Å². The summed E-state index contributed by atoms with van der Waals surface area (Å²) in [6.45, 7) is 3.15. The lowest BCUT2D eigenvalue weighted by molar-refractivity contribution is -0.613. The average molecular weight is 681 g/mol. The Morgan fingerprint density at radius 3 is 1.96 bits per heavy atom. The Bertz CT molecular complexity index is 1270. The highest BCUT2D eigenvalue weighted by molar-refractivity contribution is 5.94. The van der Waals surface area contributed by atoms with Crippen molar-refractivity contribution in [3.05, 3.63) is 102 Å². The molecule has 1 aromatic rings. The minimum absolute atomic E-state index is 0.0702. The topological polar surface area (TPSA) is 165 Å². The molecule has 1 atom stereocenters. The maximum Gasteiger partial charge on any atom is 0.328 e. The van der Waals surface area contributed by atoms with Gasteiger partial charge in [-0.05, 0) is 64.2 Å². The first-order valence-corrected chi connectivity index (χ1v) is 17.2. The quantitative estimate of drug-likeness (QED) is 0.0348. The van der Waals surface area contributed by atoms with Crippen molar-refractivity contribution in [2.24, 2.45) is 5.92 Å². The molecule has 270 valence electrons. The number of esters is 1. The Morgan fingerprint density at radius 2 is 1.43 bits per heavy atom. The predicted octanol–water partition coefficient (Wildman–Crippen LogP) is 5.03. The molecule has 0 fully saturated rings. The summed E-state index contributed by atoms with van der Waals surface area (Å²) in [5.41, 5.74) is 0.159. The van der Waals surface area contributed by atoms with Crippen LogP contribution in [-0.2, 0) is 14.3 Å². The van der Waals surface area contributed by atoms with Crippen LogP contribution in [0.1, 0.15) is 93.7 Å². The van der Waals surface area contributed by atoms with Crippen molar-refractivity contribution in [2.75, 3.05) is 26.4 Å². The molecular formula is C38H56N4O7. The van der Waals surface area contributed by atoms with Crippen LogP contribution in [0.3, 0.4) is 0 Å². The van der Waals surface area contributed by atoms with Crippen molar-refractivity contribution in [3.8, 4) is 0 Å². The fourth-order valence-electron chi connectivity index (χ4n) is 4.17. The largest absolute Gasteiger partial charge is 0.618 e. The molecule has 11 heteroatoms. The molecule has 0 aliphatic carbocycles. The van der Waals surface area contributed by atoms with E-state index in [1.165, 1.54) is 6.20 Å². The molecule has 4 N–H and O–H groups in total. The van der Waals surface area contributed by atoms with Gasteiger partial charge >= 0.3 is 5.97 Å². The number of aromatic nitrogens is 2. The molecule has 0 aliphatic heterocycles. The van der Waals surface area contributed by atoms with Gasteiger partial charge in [0.05, 0.1) is 26.0 Å². The zero-order chi connectivity index (χ0) is 36.0. The van der Waals surface area contributed by atoms with Crippen molar-refractivity contribution in [3.63, 3.8) is 0 Å². The molecular weight excluding hydrogens is 624 g/mol. The molecule has 1 aromatic heterocycles. The molecule has 0 saturated heterocycles. The van der Waals surface area contributed by atoms with Gasteiger partial charge in [-0.15, -0.1) is 0 Å². The van der Waals surface area contributed by atoms with Gasteiger partial charge in [0, 0.05) is 25.8 Å². The highest BCUT2D eigenvalue weighted by Crippen LogP contribution is 2.07. The molecule has 11 nitrogen and oxygen atoms in total. The molecule has 0 aliphatic rings. The summed E-state index contributed by atoms with van der Waals surface area (Å²) in [6.07, 6.45) is 35.9. The van der Waals surface area contributed by atoms with Gasteiger partial charge in [-0.2, -0.15) is 4.73 Å². The van der Waals surface area contributed by atoms with Crippen molar-refractivity contribution in [2.45, 2.75) is 90.5 Å². The van der Waals surface area contributed by atoms with Crippen LogP contribution < -0.4 is 15.4 Å². The number of carbonyl (C=O) groups is 3. The summed E-state index contributed by atoms with van der Waals surface area (Å²) in [5, 5.41) is 35.7. The van der Waals surface area contributed by atoms with Crippen LogP contribution in [0.25, 0.3) is 0 Å². The molecule has 49 heavy (non-hydrogen) atoms. The van der Waals surface area contributed by atoms with Crippen molar-refractivity contribution < 1.29 is 34.1 Å². The minimum Gasteiger partial charge on any atom is -0.618 e. The van der Waals surface area contributed by atoms with Crippen molar-refractivity contribution in [1.82, 2.24) is 15.6 Å². The number of nitrogens with one attached hydrogen (secondary N) is 2. The van der Waals surface area contributed by atoms with E-state index in [9.17, 15) is 29.8 Å². The highest BCUT2D eigenvalue weighted by atomic mass is 16.5. The SMILES string of the molecule is CCC=CCC=CCC=CCC=CCC=CCC=CCCC(=O)NCCCCC(NC(=O)c1c[n+]([O-])c(C)cn1)C(=O)OCC(CO)CO. The summed E-state index contributed by atoms with van der Waals surface area (Å²) in [5.74, 6) is -2.15. The maximum absolute atomic E-state index is 12.7. The number of allylic oxidation sites excluding steroid dienone is 12. The van der Waals surface area contributed by atoms with Gasteiger partial charge in [-0.1, -0.05) is 79.8 Å². The zero-order valence-corrected chi connectivity index (χ0v) is 29.2. The number of aliphatic hydroxyl groups is 2. The predicted molar refractivity (Wildman–Crippen MR) is 192 cm³/mol. The molecule has 0 aromatic carbocycles. The van der Waals surface area contributed by atoms with Crippen LogP contribution in [0.2, 0.25) is 0 Å². The third-order valence-corrected chi connectivity index (χ3v) is 7.15. The summed E-state index contributed by atoms with van der Waals surface area (Å²) >= 11 is 0. The number of carbonyl (C=O) groups excluding carboxylic acids is 3. The smallest absolute Gasteiger partial charge is 0.328 e. The van der Waals surface area contributed by atoms with Crippen molar-refractivity contribution in [1.29, 1.82) is 0 Å². The van der Waals surface area contributed by atoms with Crippen LogP contribution in [-0.4, -0.2) is 65.4 Å². The summed E-state index contributed by atoms with van der Waals surface area (Å²) in [7, 11) is 0. The monoisotopic (exact) mass is 680 g/mol. The highest BCUT2D eigenvalue weighted by Gasteiger charge is 2.25. The van der Waals surface area contributed by atoms with E-state index in [0.717, 1.165) is 44.7 Å². The van der Waals surface area contributed by atoms with Gasteiger partial charge < -0.3 is 30.8 Å². The summed E-state index contributed by atoms with van der Waals surface area (Å²) < 4.78 is 5.71. The maximum atomic E-state index is 12.7. The first-order chi connectivity index (χ1) is 23.8. The average Bonchev–Trinajstić information content (AvgIpc) is 3.10. The summed E-state index contributed by atoms with van der Waals surface area (Å²) in [6, 6.07) is -1.04. The number of unbranched alkanes of at least 4 members (excludes halogenated alkanes) is 1. The molecule has 0 radical (unpaired) electrons. The van der Waals surface area contributed by atoms with Crippen LogP contribution in [0.5, 0.6) is 0 Å². The number of amides is 2. The first kappa shape index (κ1) is 42.7. The second-order valence-corrected chi connectivity index (χ2v) is 11.4. The lowest BCUT2D eigenvalue weighted by atomic mass is 10.1. The number of rotatable bonds is 26. The van der Waals surface area contributed by atoms with Gasteiger partial charge in [0.25, 0.3) is 5.91 Å². The van der Waals surface area contributed by atoms with E-state index in [1.54, 1.807) is 6.92 Å². The standard InChI is InChI=1S/C38H56N4O7/c1-3-4-5-6-7-8-9-10-11-12-13-14-15-16-17-18-19-20-21-25-36(45)39-26-23-22-24-34(38(47)49-31-33(29-43)30-44)41-37(46)35-28-42(48)32(2)27-40-35/h4-5,7-8,10-11,13-14,16-17,19-20,27-28,33-34,43-44H,3,6,9,12,15,18,21-26,29-31H2,1-2H3,(H,39,45)(H,41,46). The summed E-state index contributed by atoms with van der Waals surface area (Å²) in [4.78, 5) is 41.5. The van der Waals surface area contributed by atoms with E-state index < -0.39 is 23.8 Å². The van der Waals surface area contributed by atoms with E-state index in [0.29, 0.717) is 42.7 Å². The van der Waals surface area contributed by atoms with Gasteiger partial charge in [0.2, 0.25) is 17.8 Å². The number of aryl methyl sites for hydroxylation is 1. The lowest BCUT2D eigenvalue weighted by Crippen LogP contribution is -2.44. The Labute approximate surface area is 291 Å². The van der Waals surface area contributed by atoms with E-state index in [-0.39, 0.29) is 37.8 Å². The fourth-order valence-corrected chi connectivity index (χ4v) is 4.17. The third-order valence-electron chi connectivity index (χ3n) is 7.15. The molecule has 0 saturated carbocycles. The van der Waals surface area contributed by atoms with E-state index in [2.05, 4.69) is 83.3 Å². The number of nitrogens with zero attached hydrogens (tertiary/aromatic N) is 2. The van der Waals surface area contributed by atoms with Gasteiger partial charge in [0.15, 0.2) is 5.69 Å². The number of hydrogen-bond acceptors (Lipinski definition) is 8. The van der Waals surface area contributed by atoms with E-state index in [1.807, 2.05) is 12.2 Å². The van der Waals surface area contributed by atoms with Crippen LogP contribution in [0.15, 0.2) is 85.3 Å². The van der Waals surface area contributed by atoms with Gasteiger partial charge in [-0.25, -0.2) is 9.78 Å². The first-order valence-electron chi connectivity index (χ1n) is 17.2. The molecule has 1 unspecified atom stereocenters. The number of ether oxygens (including phenoxy) is 1. The second-order valence-electron chi connectivity index (χ2n) is 11.4. The van der Waals surface area contributed by atoms with Crippen LogP contribution in [0, 0.1) is 18.0 Å². The number of aliphatic hydroxyl groups excluding tert-OH is 2. The third kappa shape index (κ3) is 22.0. The lowest BCUT2D eigenvalue weighted by Gasteiger charge is -2.19. The molecule has 2 amide bonds. The Morgan fingerprint density at radius 1 is 0.878 bits per heavy atom. The fraction of sp³-hybridized carbons (Fsp3) is 0.500. The van der Waals surface area contributed by atoms with Gasteiger partial charge in [-0.3, -0.25) is 9.59 Å². The Balaban J connectivity index is 2.29. The van der Waals surface area contributed by atoms with Crippen LogP contribution >= 0.6 is 0 Å².